The van der Waals surface area contributed by atoms with E-state index in [1.165, 1.54) is 25.5 Å². The van der Waals surface area contributed by atoms with E-state index < -0.39 is 16.0 Å². The number of ether oxygens (including phenoxy) is 2. The van der Waals surface area contributed by atoms with Crippen LogP contribution in [0.25, 0.3) is 10.8 Å². The summed E-state index contributed by atoms with van der Waals surface area (Å²) in [6.07, 6.45) is 1.31. The predicted molar refractivity (Wildman–Crippen MR) is 126 cm³/mol. The number of nitrogens with zero attached hydrogens (tertiary/aromatic N) is 1. The summed E-state index contributed by atoms with van der Waals surface area (Å²) in [5.74, 6) is -0.000118. The molecular weight excluding hydrogens is 440 g/mol. The fraction of sp³-hybridized carbons (Fsp3) is 0.0400. The second kappa shape index (κ2) is 9.54. The van der Waals surface area contributed by atoms with Crippen LogP contribution in [0.2, 0.25) is 0 Å². The van der Waals surface area contributed by atoms with E-state index in [0.717, 1.165) is 10.8 Å². The van der Waals surface area contributed by atoms with Gasteiger partial charge in [0.2, 0.25) is 0 Å². The van der Waals surface area contributed by atoms with Gasteiger partial charge in [-0.2, -0.15) is 13.5 Å². The fourth-order valence-corrected chi connectivity index (χ4v) is 4.05. The summed E-state index contributed by atoms with van der Waals surface area (Å²) in [5, 5.41) is 5.52. The van der Waals surface area contributed by atoms with Crippen molar-refractivity contribution in [2.45, 2.75) is 4.90 Å². The number of hydrazone groups is 1. The van der Waals surface area contributed by atoms with Crippen molar-refractivity contribution >= 4 is 33.0 Å². The Morgan fingerprint density at radius 2 is 1.61 bits per heavy atom. The average molecular weight is 461 g/mol. The molecule has 166 valence electrons. The Hall–Kier alpha value is -4.17. The molecule has 0 heterocycles. The molecule has 0 aliphatic carbocycles. The van der Waals surface area contributed by atoms with Gasteiger partial charge in [-0.25, -0.2) is 9.63 Å². The lowest BCUT2D eigenvalue weighted by Gasteiger charge is -2.11. The maximum absolute atomic E-state index is 12.9. The molecule has 8 heteroatoms. The third kappa shape index (κ3) is 5.02. The number of fused-ring (bicyclic) bond motifs is 1. The van der Waals surface area contributed by atoms with Crippen molar-refractivity contribution in [3.63, 3.8) is 0 Å². The van der Waals surface area contributed by atoms with Crippen LogP contribution in [0.15, 0.2) is 101 Å². The number of benzene rings is 4. The first-order chi connectivity index (χ1) is 16.0. The first kappa shape index (κ1) is 22.0. The number of carbonyl (C=O) groups excluding carboxylic acids is 1. The zero-order valence-corrected chi connectivity index (χ0v) is 18.5. The quantitative estimate of drug-likeness (QED) is 0.191. The third-order valence-electron chi connectivity index (χ3n) is 4.84. The summed E-state index contributed by atoms with van der Waals surface area (Å²) < 4.78 is 35.5. The molecule has 0 bridgehead atoms. The highest BCUT2D eigenvalue weighted by Gasteiger charge is 2.16. The van der Waals surface area contributed by atoms with Gasteiger partial charge < -0.3 is 9.47 Å². The molecule has 4 aromatic rings. The average Bonchev–Trinajstić information content (AvgIpc) is 2.84. The topological polar surface area (TPSA) is 94.1 Å². The first-order valence-electron chi connectivity index (χ1n) is 9.96. The van der Waals surface area contributed by atoms with Gasteiger partial charge in [-0.05, 0) is 52.7 Å². The molecule has 0 unspecified atom stereocenters. The van der Waals surface area contributed by atoms with Gasteiger partial charge in [-0.3, -0.25) is 0 Å². The van der Waals surface area contributed by atoms with E-state index in [1.54, 1.807) is 48.5 Å². The van der Waals surface area contributed by atoms with Crippen molar-refractivity contribution < 1.29 is 22.7 Å². The van der Waals surface area contributed by atoms with Crippen LogP contribution in [-0.2, 0) is 10.0 Å². The number of nitrogens with one attached hydrogen (secondary N) is 1. The molecular formula is C25H20N2O5S. The highest BCUT2D eigenvalue weighted by molar-refractivity contribution is 7.89. The second-order valence-corrected chi connectivity index (χ2v) is 8.65. The minimum atomic E-state index is -3.79. The van der Waals surface area contributed by atoms with Crippen molar-refractivity contribution in [2.24, 2.45) is 5.10 Å². The van der Waals surface area contributed by atoms with Crippen LogP contribution in [0, 0.1) is 0 Å². The molecule has 0 radical (unpaired) electrons. The Bertz CT molecular complexity index is 1430. The zero-order valence-electron chi connectivity index (χ0n) is 17.6. The maximum Gasteiger partial charge on any atom is 0.344 e. The number of rotatable bonds is 7. The SMILES string of the molecule is COc1ccc(/C=N/NS(=O)(=O)c2ccccc2)cc1OC(=O)c1cccc2ccccc12. The van der Waals surface area contributed by atoms with Gasteiger partial charge in [0.15, 0.2) is 11.5 Å². The zero-order chi connectivity index (χ0) is 23.3. The summed E-state index contributed by atoms with van der Waals surface area (Å²) in [6, 6.07) is 25.6. The van der Waals surface area contributed by atoms with Gasteiger partial charge in [-0.15, -0.1) is 0 Å². The molecule has 0 aliphatic rings. The van der Waals surface area contributed by atoms with E-state index >= 15 is 0 Å². The van der Waals surface area contributed by atoms with Crippen molar-refractivity contribution in [1.29, 1.82) is 0 Å². The molecule has 0 aromatic heterocycles. The molecule has 7 nitrogen and oxygen atoms in total. The minimum Gasteiger partial charge on any atom is -0.493 e. The van der Waals surface area contributed by atoms with Crippen LogP contribution in [0.1, 0.15) is 15.9 Å². The number of carbonyl (C=O) groups is 1. The summed E-state index contributed by atoms with van der Waals surface area (Å²) in [6.45, 7) is 0. The van der Waals surface area contributed by atoms with Crippen LogP contribution in [-0.4, -0.2) is 27.7 Å². The molecule has 0 atom stereocenters. The minimum absolute atomic E-state index is 0.0987. The summed E-state index contributed by atoms with van der Waals surface area (Å²) in [5.41, 5.74) is 0.928. The van der Waals surface area contributed by atoms with E-state index in [-0.39, 0.29) is 10.6 Å². The summed E-state index contributed by atoms with van der Waals surface area (Å²) >= 11 is 0. The highest BCUT2D eigenvalue weighted by Crippen LogP contribution is 2.29. The third-order valence-corrected chi connectivity index (χ3v) is 6.08. The molecule has 1 N–H and O–H groups in total. The van der Waals surface area contributed by atoms with Crippen LogP contribution in [0.5, 0.6) is 11.5 Å². The lowest BCUT2D eigenvalue weighted by molar-refractivity contribution is 0.0732. The standard InChI is InChI=1S/C25H20N2O5S/c1-31-23-15-14-18(17-26-27-33(29,30)20-10-3-2-4-11-20)16-24(23)32-25(28)22-13-7-9-19-8-5-6-12-21(19)22/h2-17,27H,1H3/b26-17+. The van der Waals surface area contributed by atoms with Gasteiger partial charge >= 0.3 is 5.97 Å². The second-order valence-electron chi connectivity index (χ2n) is 6.99. The lowest BCUT2D eigenvalue weighted by Crippen LogP contribution is -2.18. The Labute approximate surface area is 191 Å². The van der Waals surface area contributed by atoms with E-state index in [9.17, 15) is 13.2 Å². The first-order valence-corrected chi connectivity index (χ1v) is 11.4. The fourth-order valence-electron chi connectivity index (χ4n) is 3.23. The van der Waals surface area contributed by atoms with E-state index in [1.807, 2.05) is 30.3 Å². The molecule has 4 aromatic carbocycles. The lowest BCUT2D eigenvalue weighted by atomic mass is 10.0. The van der Waals surface area contributed by atoms with E-state index in [2.05, 4.69) is 9.93 Å². The van der Waals surface area contributed by atoms with Crippen LogP contribution >= 0.6 is 0 Å². The largest absolute Gasteiger partial charge is 0.493 e. The van der Waals surface area contributed by atoms with Gasteiger partial charge in [0.25, 0.3) is 10.0 Å². The number of sulfonamides is 1. The molecule has 0 saturated carbocycles. The Morgan fingerprint density at radius 3 is 2.39 bits per heavy atom. The molecule has 0 aliphatic heterocycles. The maximum atomic E-state index is 12.9. The molecule has 0 amide bonds. The number of hydrogen-bond donors (Lipinski definition) is 1. The van der Waals surface area contributed by atoms with Crippen LogP contribution in [0.4, 0.5) is 0 Å². The van der Waals surface area contributed by atoms with Crippen LogP contribution in [0.3, 0.4) is 0 Å². The van der Waals surface area contributed by atoms with Gasteiger partial charge in [-0.1, -0.05) is 54.6 Å². The van der Waals surface area contributed by atoms with Crippen molar-refractivity contribution in [2.75, 3.05) is 7.11 Å². The monoisotopic (exact) mass is 460 g/mol. The number of esters is 1. The van der Waals surface area contributed by atoms with Crippen LogP contribution < -0.4 is 14.3 Å². The smallest absolute Gasteiger partial charge is 0.344 e. The Morgan fingerprint density at radius 1 is 0.879 bits per heavy atom. The summed E-state index contributed by atoms with van der Waals surface area (Å²) in [7, 11) is -2.32. The molecule has 4 rings (SSSR count). The molecule has 0 spiro atoms. The van der Waals surface area contributed by atoms with E-state index in [0.29, 0.717) is 16.9 Å². The Kier molecular flexibility index (Phi) is 6.37. The normalized spacial score (nSPS) is 11.4. The highest BCUT2D eigenvalue weighted by atomic mass is 32.2. The van der Waals surface area contributed by atoms with Crippen molar-refractivity contribution in [3.8, 4) is 11.5 Å². The van der Waals surface area contributed by atoms with Gasteiger partial charge in [0.1, 0.15) is 0 Å². The number of methoxy groups -OCH3 is 1. The van der Waals surface area contributed by atoms with Crippen molar-refractivity contribution in [1.82, 2.24) is 4.83 Å². The van der Waals surface area contributed by atoms with Gasteiger partial charge in [0, 0.05) is 0 Å². The number of hydrogen-bond acceptors (Lipinski definition) is 6. The summed E-state index contributed by atoms with van der Waals surface area (Å²) in [4.78, 5) is 15.2. The van der Waals surface area contributed by atoms with E-state index in [4.69, 9.17) is 9.47 Å². The molecule has 0 fully saturated rings. The molecule has 0 saturated heterocycles. The molecule has 33 heavy (non-hydrogen) atoms. The predicted octanol–water partition coefficient (Wildman–Crippen LogP) is 4.38. The Balaban J connectivity index is 1.56. The van der Waals surface area contributed by atoms with Gasteiger partial charge in [0.05, 0.1) is 23.8 Å². The van der Waals surface area contributed by atoms with Crippen molar-refractivity contribution in [3.05, 3.63) is 102 Å².